The molecule has 0 bridgehead atoms. The Balaban J connectivity index is 1.81. The summed E-state index contributed by atoms with van der Waals surface area (Å²) >= 11 is 14.7. The van der Waals surface area contributed by atoms with Crippen LogP contribution in [0.2, 0.25) is 10.0 Å². The second kappa shape index (κ2) is 9.06. The van der Waals surface area contributed by atoms with Crippen molar-refractivity contribution in [3.63, 3.8) is 0 Å². The van der Waals surface area contributed by atoms with Gasteiger partial charge in [0.1, 0.15) is 10.1 Å². The number of carbonyl (C=O) groups is 1. The highest BCUT2D eigenvalue weighted by atomic mass is 35.5. The number of halogens is 2. The number of methoxy groups -OCH3 is 2. The topological polar surface area (TPSA) is 47.9 Å². The first-order chi connectivity index (χ1) is 13.0. The van der Waals surface area contributed by atoms with Gasteiger partial charge in [0.2, 0.25) is 5.12 Å². The third-order valence-corrected chi connectivity index (χ3v) is 6.19. The monoisotopic (exact) mass is 439 g/mol. The first kappa shape index (κ1) is 20.1. The van der Waals surface area contributed by atoms with E-state index in [0.717, 1.165) is 17.3 Å². The van der Waals surface area contributed by atoms with E-state index >= 15 is 0 Å². The van der Waals surface area contributed by atoms with Gasteiger partial charge >= 0.3 is 0 Å². The van der Waals surface area contributed by atoms with Crippen LogP contribution in [0.3, 0.4) is 0 Å². The second-order valence-corrected chi connectivity index (χ2v) is 8.50. The molecule has 0 atom stereocenters. The molecular formula is C19H15Cl2NO3S2. The lowest BCUT2D eigenvalue weighted by Crippen LogP contribution is -1.95. The van der Waals surface area contributed by atoms with Crippen LogP contribution in [0.1, 0.15) is 11.1 Å². The second-order valence-electron chi connectivity index (χ2n) is 5.44. The van der Waals surface area contributed by atoms with Crippen LogP contribution in [0.25, 0.3) is 6.08 Å². The van der Waals surface area contributed by atoms with Crippen molar-refractivity contribution < 1.29 is 14.3 Å². The summed E-state index contributed by atoms with van der Waals surface area (Å²) in [4.78, 5) is 16.8. The van der Waals surface area contributed by atoms with E-state index in [2.05, 4.69) is 4.99 Å². The highest BCUT2D eigenvalue weighted by Crippen LogP contribution is 2.38. The fourth-order valence-electron chi connectivity index (χ4n) is 2.39. The molecule has 27 heavy (non-hydrogen) atoms. The van der Waals surface area contributed by atoms with Crippen molar-refractivity contribution in [2.75, 3.05) is 14.2 Å². The minimum atomic E-state index is -0.116. The lowest BCUT2D eigenvalue weighted by atomic mass is 10.1. The van der Waals surface area contributed by atoms with E-state index in [9.17, 15) is 4.79 Å². The van der Waals surface area contributed by atoms with E-state index in [0.29, 0.717) is 42.9 Å². The molecule has 1 aliphatic heterocycles. The van der Waals surface area contributed by atoms with Gasteiger partial charge in [0.05, 0.1) is 14.2 Å². The van der Waals surface area contributed by atoms with Crippen LogP contribution in [0.4, 0.5) is 0 Å². The summed E-state index contributed by atoms with van der Waals surface area (Å²) in [5.74, 6) is 1.71. The molecule has 2 aromatic carbocycles. The summed E-state index contributed by atoms with van der Waals surface area (Å²) in [6.07, 6.45) is 1.67. The molecule has 1 heterocycles. The Morgan fingerprint density at radius 1 is 1.11 bits per heavy atom. The van der Waals surface area contributed by atoms with Crippen LogP contribution >= 0.6 is 46.7 Å². The first-order valence-electron chi connectivity index (χ1n) is 7.81. The largest absolute Gasteiger partial charge is 0.493 e. The van der Waals surface area contributed by atoms with E-state index in [1.165, 1.54) is 26.0 Å². The van der Waals surface area contributed by atoms with Crippen LogP contribution in [0, 0.1) is 0 Å². The highest BCUT2D eigenvalue weighted by molar-refractivity contribution is 8.45. The number of benzene rings is 2. The van der Waals surface area contributed by atoms with Gasteiger partial charge in [0, 0.05) is 27.4 Å². The summed E-state index contributed by atoms with van der Waals surface area (Å²) in [7, 11) is 3.07. The quantitative estimate of drug-likeness (QED) is 0.541. The number of hydrogen-bond donors (Lipinski definition) is 0. The number of hydrogen-bond acceptors (Lipinski definition) is 6. The highest BCUT2D eigenvalue weighted by Gasteiger charge is 2.23. The van der Waals surface area contributed by atoms with E-state index in [1.54, 1.807) is 18.2 Å². The average molecular weight is 440 g/mol. The molecule has 0 amide bonds. The van der Waals surface area contributed by atoms with Gasteiger partial charge in [-0.2, -0.15) is 0 Å². The van der Waals surface area contributed by atoms with Gasteiger partial charge in [-0.3, -0.25) is 4.79 Å². The zero-order valence-corrected chi connectivity index (χ0v) is 17.6. The summed E-state index contributed by atoms with van der Waals surface area (Å²) in [5, 5.41) is 1.07. The van der Waals surface area contributed by atoms with Crippen molar-refractivity contribution >= 4 is 62.3 Å². The van der Waals surface area contributed by atoms with Gasteiger partial charge in [-0.05, 0) is 41.6 Å². The predicted octanol–water partition coefficient (Wildman–Crippen LogP) is 5.91. The van der Waals surface area contributed by atoms with Crippen molar-refractivity contribution in [2.45, 2.75) is 5.75 Å². The standard InChI is InChI=1S/C19H15Cl2NO3S2/c1-24-16-9-14(21)7-12(17(16)25-2)8-15-18(23)27-19(22-15)26-10-11-3-5-13(20)6-4-11/h3-9H,10H2,1-2H3/b15-8+. The first-order valence-corrected chi connectivity index (χ1v) is 10.4. The number of thioether (sulfide) groups is 2. The van der Waals surface area contributed by atoms with Gasteiger partial charge in [0.15, 0.2) is 11.5 Å². The summed E-state index contributed by atoms with van der Waals surface area (Å²) in [6.45, 7) is 0. The lowest BCUT2D eigenvalue weighted by Gasteiger charge is -2.11. The molecule has 0 saturated heterocycles. The Hall–Kier alpha value is -1.60. The fourth-order valence-corrected chi connectivity index (χ4v) is 4.53. The van der Waals surface area contributed by atoms with Crippen LogP contribution < -0.4 is 9.47 Å². The summed E-state index contributed by atoms with van der Waals surface area (Å²) < 4.78 is 11.4. The maximum absolute atomic E-state index is 12.3. The zero-order valence-electron chi connectivity index (χ0n) is 14.5. The SMILES string of the molecule is COc1cc(Cl)cc(/C=C2/N=C(SCc3ccc(Cl)cc3)SC2=O)c1OC. The van der Waals surface area contributed by atoms with Gasteiger partial charge in [-0.25, -0.2) is 4.99 Å². The fraction of sp³-hybridized carbons (Fsp3) is 0.158. The number of carbonyl (C=O) groups excluding carboxylic acids is 1. The van der Waals surface area contributed by atoms with Crippen molar-refractivity contribution in [3.8, 4) is 11.5 Å². The Morgan fingerprint density at radius 3 is 2.52 bits per heavy atom. The van der Waals surface area contributed by atoms with Crippen LogP contribution in [0.5, 0.6) is 11.5 Å². The minimum absolute atomic E-state index is 0.116. The molecule has 0 aromatic heterocycles. The number of nitrogens with zero attached hydrogens (tertiary/aromatic N) is 1. The third kappa shape index (κ3) is 5.02. The molecule has 0 spiro atoms. The van der Waals surface area contributed by atoms with E-state index < -0.39 is 0 Å². The Labute approximate surface area is 175 Å². The molecule has 0 fully saturated rings. The van der Waals surface area contributed by atoms with Gasteiger partial charge in [-0.1, -0.05) is 47.1 Å². The normalized spacial score (nSPS) is 15.2. The Bertz CT molecular complexity index is 927. The van der Waals surface area contributed by atoms with Crippen molar-refractivity contribution in [2.24, 2.45) is 4.99 Å². The molecule has 2 aromatic rings. The van der Waals surface area contributed by atoms with E-state index in [4.69, 9.17) is 32.7 Å². The number of rotatable bonds is 5. The van der Waals surface area contributed by atoms with Crippen molar-refractivity contribution in [3.05, 3.63) is 63.3 Å². The van der Waals surface area contributed by atoms with Gasteiger partial charge in [-0.15, -0.1) is 0 Å². The Kier molecular flexibility index (Phi) is 6.76. The van der Waals surface area contributed by atoms with Gasteiger partial charge < -0.3 is 9.47 Å². The molecule has 0 N–H and O–H groups in total. The van der Waals surface area contributed by atoms with Crippen molar-refractivity contribution in [1.82, 2.24) is 0 Å². The van der Waals surface area contributed by atoms with Crippen LogP contribution in [0.15, 0.2) is 47.1 Å². The maximum Gasteiger partial charge on any atom is 0.244 e. The summed E-state index contributed by atoms with van der Waals surface area (Å²) in [5.41, 5.74) is 2.10. The smallest absolute Gasteiger partial charge is 0.244 e. The molecule has 3 rings (SSSR count). The predicted molar refractivity (Wildman–Crippen MR) is 115 cm³/mol. The zero-order chi connectivity index (χ0) is 19.4. The molecule has 0 unspecified atom stereocenters. The average Bonchev–Trinajstić information content (AvgIpc) is 3.00. The number of aliphatic imine (C=N–C) groups is 1. The van der Waals surface area contributed by atoms with Gasteiger partial charge in [0.25, 0.3) is 0 Å². The number of ether oxygens (including phenoxy) is 2. The molecular weight excluding hydrogens is 425 g/mol. The maximum atomic E-state index is 12.3. The molecule has 8 heteroatoms. The van der Waals surface area contributed by atoms with Crippen molar-refractivity contribution in [1.29, 1.82) is 0 Å². The van der Waals surface area contributed by atoms with Crippen LogP contribution in [-0.2, 0) is 10.5 Å². The van der Waals surface area contributed by atoms with Crippen LogP contribution in [-0.4, -0.2) is 23.7 Å². The molecule has 4 nitrogen and oxygen atoms in total. The lowest BCUT2D eigenvalue weighted by molar-refractivity contribution is -0.107. The van der Waals surface area contributed by atoms with E-state index in [1.807, 2.05) is 24.3 Å². The Morgan fingerprint density at radius 2 is 1.85 bits per heavy atom. The molecule has 0 saturated carbocycles. The molecule has 0 aliphatic carbocycles. The molecule has 1 aliphatic rings. The molecule has 140 valence electrons. The third-order valence-electron chi connectivity index (χ3n) is 3.64. The minimum Gasteiger partial charge on any atom is -0.493 e. The molecule has 0 radical (unpaired) electrons. The van der Waals surface area contributed by atoms with E-state index in [-0.39, 0.29) is 5.12 Å². The summed E-state index contributed by atoms with van der Waals surface area (Å²) in [6, 6.07) is 11.0.